The highest BCUT2D eigenvalue weighted by molar-refractivity contribution is 5.72. The molecule has 2 heteroatoms. The van der Waals surface area contributed by atoms with Crippen LogP contribution in [0.5, 0.6) is 0 Å². The Balaban J connectivity index is 3.60. The molecule has 0 N–H and O–H groups in total. The van der Waals surface area contributed by atoms with Crippen molar-refractivity contribution in [2.45, 2.75) is 26.2 Å². The zero-order chi connectivity index (χ0) is 7.82. The standard InChI is InChI=1S/C8H14O2/c1-3-4-5-8(6-9)7-10-2/h6-7H,3-5H2,1-2H3/b8-7-. The van der Waals surface area contributed by atoms with Crippen molar-refractivity contribution in [2.75, 3.05) is 7.11 Å². The molecule has 0 saturated carbocycles. The molecule has 10 heavy (non-hydrogen) atoms. The minimum Gasteiger partial charge on any atom is -0.504 e. The number of hydrogen-bond acceptors (Lipinski definition) is 2. The monoisotopic (exact) mass is 142 g/mol. The summed E-state index contributed by atoms with van der Waals surface area (Å²) in [5, 5.41) is 0. The van der Waals surface area contributed by atoms with E-state index in [9.17, 15) is 4.79 Å². The highest BCUT2D eigenvalue weighted by atomic mass is 16.5. The van der Waals surface area contributed by atoms with Crippen molar-refractivity contribution in [3.05, 3.63) is 11.8 Å². The fraction of sp³-hybridized carbons (Fsp3) is 0.625. The molecule has 0 atom stereocenters. The number of unbranched alkanes of at least 4 members (excludes halogenated alkanes) is 1. The van der Waals surface area contributed by atoms with E-state index >= 15 is 0 Å². The highest BCUT2D eigenvalue weighted by Crippen LogP contribution is 2.03. The van der Waals surface area contributed by atoms with Crippen LogP contribution in [0.4, 0.5) is 0 Å². The van der Waals surface area contributed by atoms with Gasteiger partial charge in [0, 0.05) is 5.57 Å². The van der Waals surface area contributed by atoms with Gasteiger partial charge in [-0.25, -0.2) is 0 Å². The van der Waals surface area contributed by atoms with Crippen LogP contribution in [0.15, 0.2) is 11.8 Å². The molecule has 0 rings (SSSR count). The van der Waals surface area contributed by atoms with Gasteiger partial charge >= 0.3 is 0 Å². The van der Waals surface area contributed by atoms with Gasteiger partial charge in [0.25, 0.3) is 0 Å². The predicted molar refractivity (Wildman–Crippen MR) is 40.7 cm³/mol. The Hall–Kier alpha value is -0.790. The van der Waals surface area contributed by atoms with Gasteiger partial charge in [-0.3, -0.25) is 4.79 Å². The van der Waals surface area contributed by atoms with Gasteiger partial charge in [0.2, 0.25) is 0 Å². The summed E-state index contributed by atoms with van der Waals surface area (Å²) in [7, 11) is 1.55. The van der Waals surface area contributed by atoms with Crippen LogP contribution in [0.3, 0.4) is 0 Å². The number of methoxy groups -OCH3 is 1. The van der Waals surface area contributed by atoms with E-state index in [1.807, 2.05) is 0 Å². The topological polar surface area (TPSA) is 26.3 Å². The summed E-state index contributed by atoms with van der Waals surface area (Å²) >= 11 is 0. The van der Waals surface area contributed by atoms with E-state index in [0.717, 1.165) is 31.1 Å². The molecular weight excluding hydrogens is 128 g/mol. The fourth-order valence-corrected chi connectivity index (χ4v) is 0.678. The average molecular weight is 142 g/mol. The molecule has 0 aliphatic heterocycles. The maximum absolute atomic E-state index is 10.3. The Bertz CT molecular complexity index is 116. The second-order valence-corrected chi connectivity index (χ2v) is 2.15. The lowest BCUT2D eigenvalue weighted by atomic mass is 10.1. The maximum Gasteiger partial charge on any atom is 0.149 e. The molecule has 0 heterocycles. The molecule has 58 valence electrons. The van der Waals surface area contributed by atoms with Crippen molar-refractivity contribution >= 4 is 6.29 Å². The van der Waals surface area contributed by atoms with Gasteiger partial charge in [0.05, 0.1) is 13.4 Å². The van der Waals surface area contributed by atoms with Crippen LogP contribution in [0, 0.1) is 0 Å². The summed E-state index contributed by atoms with van der Waals surface area (Å²) in [6, 6.07) is 0. The normalized spacial score (nSPS) is 11.2. The number of ether oxygens (including phenoxy) is 1. The quantitative estimate of drug-likeness (QED) is 0.333. The van der Waals surface area contributed by atoms with Gasteiger partial charge in [-0.1, -0.05) is 13.3 Å². The van der Waals surface area contributed by atoms with Gasteiger partial charge in [0.15, 0.2) is 0 Å². The lowest BCUT2D eigenvalue weighted by Gasteiger charge is -1.95. The number of carbonyl (C=O) groups excluding carboxylic acids is 1. The first-order chi connectivity index (χ1) is 4.85. The third kappa shape index (κ3) is 4.13. The van der Waals surface area contributed by atoms with Crippen molar-refractivity contribution in [2.24, 2.45) is 0 Å². The third-order valence-corrected chi connectivity index (χ3v) is 1.24. The van der Waals surface area contributed by atoms with Crippen molar-refractivity contribution in [3.8, 4) is 0 Å². The number of allylic oxidation sites excluding steroid dienone is 1. The smallest absolute Gasteiger partial charge is 0.149 e. The van der Waals surface area contributed by atoms with Crippen molar-refractivity contribution in [1.82, 2.24) is 0 Å². The van der Waals surface area contributed by atoms with Crippen molar-refractivity contribution in [3.63, 3.8) is 0 Å². The van der Waals surface area contributed by atoms with Crippen LogP contribution in [-0.4, -0.2) is 13.4 Å². The minimum atomic E-state index is 0.740. The summed E-state index contributed by atoms with van der Waals surface area (Å²) in [5.74, 6) is 0. The zero-order valence-electron chi connectivity index (χ0n) is 6.59. The van der Waals surface area contributed by atoms with E-state index < -0.39 is 0 Å². The highest BCUT2D eigenvalue weighted by Gasteiger charge is 1.92. The summed E-state index contributed by atoms with van der Waals surface area (Å²) in [4.78, 5) is 10.3. The van der Waals surface area contributed by atoms with Gasteiger partial charge in [-0.15, -0.1) is 0 Å². The Morgan fingerprint density at radius 3 is 2.70 bits per heavy atom. The summed E-state index contributed by atoms with van der Waals surface area (Å²) in [6.07, 6.45) is 5.33. The van der Waals surface area contributed by atoms with E-state index in [0.29, 0.717) is 0 Å². The van der Waals surface area contributed by atoms with Crippen LogP contribution in [0.1, 0.15) is 26.2 Å². The van der Waals surface area contributed by atoms with E-state index in [1.54, 1.807) is 7.11 Å². The first-order valence-corrected chi connectivity index (χ1v) is 3.52. The molecule has 0 aliphatic carbocycles. The molecule has 0 unspecified atom stereocenters. The molecule has 0 fully saturated rings. The molecule has 0 amide bonds. The van der Waals surface area contributed by atoms with Crippen molar-refractivity contribution in [1.29, 1.82) is 0 Å². The van der Waals surface area contributed by atoms with Gasteiger partial charge in [-0.2, -0.15) is 0 Å². The molecule has 0 radical (unpaired) electrons. The molecule has 0 aromatic carbocycles. The Morgan fingerprint density at radius 1 is 1.60 bits per heavy atom. The molecular formula is C8H14O2. The van der Waals surface area contributed by atoms with Crippen LogP contribution >= 0.6 is 0 Å². The zero-order valence-corrected chi connectivity index (χ0v) is 6.59. The fourth-order valence-electron chi connectivity index (χ4n) is 0.678. The van der Waals surface area contributed by atoms with Gasteiger partial charge < -0.3 is 4.74 Å². The molecule has 0 aromatic rings. The lowest BCUT2D eigenvalue weighted by Crippen LogP contribution is -1.85. The Kier molecular flexibility index (Phi) is 5.83. The van der Waals surface area contributed by atoms with E-state index in [1.165, 1.54) is 6.26 Å². The largest absolute Gasteiger partial charge is 0.504 e. The Morgan fingerprint density at radius 2 is 2.30 bits per heavy atom. The minimum absolute atomic E-state index is 0.740. The third-order valence-electron chi connectivity index (χ3n) is 1.24. The van der Waals surface area contributed by atoms with E-state index in [-0.39, 0.29) is 0 Å². The molecule has 0 saturated heterocycles. The van der Waals surface area contributed by atoms with Crippen LogP contribution in [0.25, 0.3) is 0 Å². The molecule has 2 nitrogen and oxygen atoms in total. The number of aldehydes is 1. The molecule has 0 aliphatic rings. The van der Waals surface area contributed by atoms with E-state index in [2.05, 4.69) is 6.92 Å². The molecule has 0 spiro atoms. The lowest BCUT2D eigenvalue weighted by molar-refractivity contribution is -0.105. The first kappa shape index (κ1) is 9.21. The predicted octanol–water partition coefficient (Wildman–Crippen LogP) is 1.91. The first-order valence-electron chi connectivity index (χ1n) is 3.52. The average Bonchev–Trinajstić information content (AvgIpc) is 1.98. The number of hydrogen-bond donors (Lipinski definition) is 0. The van der Waals surface area contributed by atoms with E-state index in [4.69, 9.17) is 4.74 Å². The van der Waals surface area contributed by atoms with Gasteiger partial charge in [0.1, 0.15) is 6.29 Å². The van der Waals surface area contributed by atoms with Crippen LogP contribution < -0.4 is 0 Å². The van der Waals surface area contributed by atoms with Gasteiger partial charge in [-0.05, 0) is 12.8 Å². The molecule has 0 bridgehead atoms. The summed E-state index contributed by atoms with van der Waals surface area (Å²) in [6.45, 7) is 2.09. The number of rotatable bonds is 5. The summed E-state index contributed by atoms with van der Waals surface area (Å²) in [5.41, 5.74) is 0.740. The van der Waals surface area contributed by atoms with Crippen LogP contribution in [-0.2, 0) is 9.53 Å². The maximum atomic E-state index is 10.3. The van der Waals surface area contributed by atoms with Crippen molar-refractivity contribution < 1.29 is 9.53 Å². The summed E-state index contributed by atoms with van der Waals surface area (Å²) < 4.78 is 4.70. The second kappa shape index (κ2) is 6.33. The second-order valence-electron chi connectivity index (χ2n) is 2.15. The Labute approximate surface area is 61.9 Å². The van der Waals surface area contributed by atoms with Crippen LogP contribution in [0.2, 0.25) is 0 Å². The molecule has 0 aromatic heterocycles. The SMILES string of the molecule is CCCC/C(C=O)=C/OC. The number of carbonyl (C=O) groups is 1.